The van der Waals surface area contributed by atoms with Crippen LogP contribution in [0.1, 0.15) is 49.3 Å². The number of piperidine rings is 1. The van der Waals surface area contributed by atoms with E-state index in [1.54, 1.807) is 30.3 Å². The lowest BCUT2D eigenvalue weighted by Crippen LogP contribution is -2.40. The Morgan fingerprint density at radius 1 is 1.12 bits per heavy atom. The molecule has 0 aliphatic carbocycles. The van der Waals surface area contributed by atoms with Crippen LogP contribution in [0, 0.1) is 12.8 Å². The van der Waals surface area contributed by atoms with Crippen LogP contribution in [0.15, 0.2) is 62.6 Å². The Morgan fingerprint density at radius 3 is 2.44 bits per heavy atom. The normalized spacial score (nSPS) is 15.6. The van der Waals surface area contributed by atoms with Crippen molar-refractivity contribution in [3.63, 3.8) is 0 Å². The molecule has 1 fully saturated rings. The molecule has 4 rings (SSSR count). The van der Waals surface area contributed by atoms with Gasteiger partial charge in [0.15, 0.2) is 0 Å². The zero-order valence-corrected chi connectivity index (χ0v) is 20.4. The summed E-state index contributed by atoms with van der Waals surface area (Å²) >= 11 is 0. The number of hydrogen-bond acceptors (Lipinski definition) is 6. The van der Waals surface area contributed by atoms with Crippen molar-refractivity contribution in [2.45, 2.75) is 51.0 Å². The molecule has 0 spiro atoms. The van der Waals surface area contributed by atoms with Crippen LogP contribution >= 0.6 is 0 Å². The second-order valence-corrected chi connectivity index (χ2v) is 11.0. The molecule has 0 N–H and O–H groups in total. The van der Waals surface area contributed by atoms with E-state index in [-0.39, 0.29) is 36.5 Å². The summed E-state index contributed by atoms with van der Waals surface area (Å²) in [5.74, 6) is -0.472. The van der Waals surface area contributed by atoms with E-state index in [0.29, 0.717) is 29.9 Å². The van der Waals surface area contributed by atoms with E-state index < -0.39 is 15.6 Å². The number of hydrogen-bond donors (Lipinski definition) is 0. The van der Waals surface area contributed by atoms with Crippen LogP contribution in [-0.4, -0.2) is 31.8 Å². The predicted octanol–water partition coefficient (Wildman–Crippen LogP) is 4.37. The zero-order valence-electron chi connectivity index (χ0n) is 19.6. The molecule has 7 nitrogen and oxygen atoms in total. The van der Waals surface area contributed by atoms with Gasteiger partial charge in [-0.15, -0.1) is 0 Å². The summed E-state index contributed by atoms with van der Waals surface area (Å²) in [6.45, 7) is 6.64. The maximum Gasteiger partial charge on any atom is 0.336 e. The molecule has 34 heavy (non-hydrogen) atoms. The Kier molecular flexibility index (Phi) is 6.91. The number of aryl methyl sites for hydroxylation is 1. The molecule has 0 unspecified atom stereocenters. The molecule has 0 bridgehead atoms. The number of fused-ring (bicyclic) bond motifs is 1. The van der Waals surface area contributed by atoms with Crippen molar-refractivity contribution < 1.29 is 22.4 Å². The van der Waals surface area contributed by atoms with Crippen molar-refractivity contribution in [1.29, 1.82) is 0 Å². The largest absolute Gasteiger partial charge is 0.461 e. The number of carbonyl (C=O) groups excluding carboxylic acids is 1. The molecule has 1 aromatic heterocycles. The fourth-order valence-corrected chi connectivity index (χ4v) is 5.96. The fraction of sp³-hybridized carbons (Fsp3) is 0.385. The molecule has 0 saturated carbocycles. The van der Waals surface area contributed by atoms with Gasteiger partial charge in [0.2, 0.25) is 10.0 Å². The maximum atomic E-state index is 12.8. The van der Waals surface area contributed by atoms with Crippen molar-refractivity contribution in [2.75, 3.05) is 13.1 Å². The number of carbonyl (C=O) groups is 1. The van der Waals surface area contributed by atoms with Crippen LogP contribution in [0.25, 0.3) is 11.0 Å². The molecule has 2 heterocycles. The van der Waals surface area contributed by atoms with Gasteiger partial charge in [-0.05, 0) is 61.1 Å². The third kappa shape index (κ3) is 4.93. The SMILES string of the molecule is Cc1cc2oc(=O)cc(COC(=O)C3CCN(S(=O)(=O)c4ccccc4)CC3)c2cc1C(C)C. The summed E-state index contributed by atoms with van der Waals surface area (Å²) < 4.78 is 38.0. The van der Waals surface area contributed by atoms with E-state index in [0.717, 1.165) is 16.5 Å². The standard InChI is InChI=1S/C26H29NO6S/c1-17(2)22-15-23-20(14-25(28)33-24(23)13-18(22)3)16-32-26(29)19-9-11-27(12-10-19)34(30,31)21-7-5-4-6-8-21/h4-8,13-15,17,19H,9-12,16H2,1-3H3. The van der Waals surface area contributed by atoms with Crippen LogP contribution in [-0.2, 0) is 26.2 Å². The number of esters is 1. The first-order valence-electron chi connectivity index (χ1n) is 11.5. The molecular weight excluding hydrogens is 454 g/mol. The predicted molar refractivity (Wildman–Crippen MR) is 129 cm³/mol. The van der Waals surface area contributed by atoms with E-state index >= 15 is 0 Å². The van der Waals surface area contributed by atoms with Crippen LogP contribution in [0.2, 0.25) is 0 Å². The molecule has 3 aromatic rings. The van der Waals surface area contributed by atoms with Crippen molar-refractivity contribution >= 4 is 27.0 Å². The lowest BCUT2D eigenvalue weighted by Gasteiger charge is -2.30. The summed E-state index contributed by atoms with van der Waals surface area (Å²) in [6.07, 6.45) is 0.776. The third-order valence-corrected chi connectivity index (χ3v) is 8.29. The molecule has 0 amide bonds. The van der Waals surface area contributed by atoms with Gasteiger partial charge in [0.05, 0.1) is 10.8 Å². The Bertz CT molecular complexity index is 1350. The average molecular weight is 484 g/mol. The molecule has 0 radical (unpaired) electrons. The van der Waals surface area contributed by atoms with Crippen LogP contribution in [0.4, 0.5) is 0 Å². The average Bonchev–Trinajstić information content (AvgIpc) is 2.82. The van der Waals surface area contributed by atoms with Crippen molar-refractivity contribution in [2.24, 2.45) is 5.92 Å². The highest BCUT2D eigenvalue weighted by molar-refractivity contribution is 7.89. The van der Waals surface area contributed by atoms with Gasteiger partial charge in [-0.1, -0.05) is 32.0 Å². The summed E-state index contributed by atoms with van der Waals surface area (Å²) in [6, 6.07) is 13.5. The van der Waals surface area contributed by atoms with E-state index in [9.17, 15) is 18.0 Å². The highest BCUT2D eigenvalue weighted by atomic mass is 32.2. The lowest BCUT2D eigenvalue weighted by molar-refractivity contribution is -0.151. The second-order valence-electron chi connectivity index (χ2n) is 9.05. The Hall–Kier alpha value is -2.97. The molecule has 8 heteroatoms. The van der Waals surface area contributed by atoms with Gasteiger partial charge in [-0.3, -0.25) is 4.79 Å². The number of ether oxygens (including phenoxy) is 1. The lowest BCUT2D eigenvalue weighted by atomic mass is 9.95. The smallest absolute Gasteiger partial charge is 0.336 e. The van der Waals surface area contributed by atoms with Gasteiger partial charge >= 0.3 is 11.6 Å². The first-order valence-corrected chi connectivity index (χ1v) is 12.9. The Morgan fingerprint density at radius 2 is 1.79 bits per heavy atom. The summed E-state index contributed by atoms with van der Waals surface area (Å²) in [5.41, 5.74) is 2.76. The van der Waals surface area contributed by atoms with E-state index in [1.807, 2.05) is 19.1 Å². The third-order valence-electron chi connectivity index (χ3n) is 6.38. The number of benzene rings is 2. The van der Waals surface area contributed by atoms with Crippen LogP contribution in [0.5, 0.6) is 0 Å². The highest BCUT2D eigenvalue weighted by Gasteiger charge is 2.32. The molecule has 1 saturated heterocycles. The van der Waals surface area contributed by atoms with Gasteiger partial charge < -0.3 is 9.15 Å². The molecular formula is C26H29NO6S. The first-order chi connectivity index (χ1) is 16.2. The van der Waals surface area contributed by atoms with Crippen molar-refractivity contribution in [1.82, 2.24) is 4.31 Å². The quantitative estimate of drug-likeness (QED) is 0.382. The van der Waals surface area contributed by atoms with Gasteiger partial charge in [0.1, 0.15) is 12.2 Å². The topological polar surface area (TPSA) is 93.9 Å². The molecule has 180 valence electrons. The van der Waals surface area contributed by atoms with Gasteiger partial charge in [0.25, 0.3) is 0 Å². The summed E-state index contributed by atoms with van der Waals surface area (Å²) in [5, 5.41) is 0.755. The monoisotopic (exact) mass is 483 g/mol. The summed E-state index contributed by atoms with van der Waals surface area (Å²) in [7, 11) is -3.57. The minimum absolute atomic E-state index is 0.0376. The van der Waals surface area contributed by atoms with Crippen LogP contribution < -0.4 is 5.63 Å². The van der Waals surface area contributed by atoms with E-state index in [1.165, 1.54) is 10.4 Å². The van der Waals surface area contributed by atoms with Crippen molar-refractivity contribution in [3.8, 4) is 0 Å². The van der Waals surface area contributed by atoms with Gasteiger partial charge in [-0.25, -0.2) is 13.2 Å². The number of sulfonamides is 1. The summed E-state index contributed by atoms with van der Waals surface area (Å²) in [4.78, 5) is 25.1. The Balaban J connectivity index is 1.44. The van der Waals surface area contributed by atoms with Crippen molar-refractivity contribution in [3.05, 3.63) is 75.6 Å². The molecule has 1 aliphatic heterocycles. The molecule has 1 aliphatic rings. The van der Waals surface area contributed by atoms with E-state index in [2.05, 4.69) is 13.8 Å². The fourth-order valence-electron chi connectivity index (χ4n) is 4.47. The first kappa shape index (κ1) is 24.2. The van der Waals surface area contributed by atoms with E-state index in [4.69, 9.17) is 9.15 Å². The maximum absolute atomic E-state index is 12.8. The minimum atomic E-state index is -3.57. The highest BCUT2D eigenvalue weighted by Crippen LogP contribution is 2.28. The minimum Gasteiger partial charge on any atom is -0.461 e. The van der Waals surface area contributed by atoms with Crippen LogP contribution in [0.3, 0.4) is 0 Å². The second kappa shape index (κ2) is 9.72. The molecule has 2 aromatic carbocycles. The number of nitrogens with zero attached hydrogens (tertiary/aromatic N) is 1. The zero-order chi connectivity index (χ0) is 24.5. The number of rotatable bonds is 6. The van der Waals surface area contributed by atoms with Gasteiger partial charge in [-0.2, -0.15) is 4.31 Å². The van der Waals surface area contributed by atoms with Gasteiger partial charge in [0, 0.05) is 30.1 Å². The Labute approximate surface area is 199 Å². The molecule has 0 atom stereocenters.